The molecule has 3 N–H and O–H groups in total. The van der Waals surface area contributed by atoms with Crippen molar-refractivity contribution in [2.24, 2.45) is 4.99 Å². The van der Waals surface area contributed by atoms with Gasteiger partial charge >= 0.3 is 0 Å². The minimum atomic E-state index is -0.199. The minimum Gasteiger partial charge on any atom is -0.502 e. The molecule has 9 heteroatoms. The van der Waals surface area contributed by atoms with E-state index < -0.39 is 0 Å². The highest BCUT2D eigenvalue weighted by Gasteiger charge is 2.20. The summed E-state index contributed by atoms with van der Waals surface area (Å²) in [5.74, 6) is 1.25. The summed E-state index contributed by atoms with van der Waals surface area (Å²) in [6.07, 6.45) is 2.01. The van der Waals surface area contributed by atoms with Crippen LogP contribution in [0.3, 0.4) is 0 Å². The maximum atomic E-state index is 13.1. The van der Waals surface area contributed by atoms with Gasteiger partial charge in [-0.1, -0.05) is 12.1 Å². The lowest BCUT2D eigenvalue weighted by Gasteiger charge is -2.33. The van der Waals surface area contributed by atoms with Gasteiger partial charge in [-0.25, -0.2) is 4.39 Å². The van der Waals surface area contributed by atoms with E-state index in [2.05, 4.69) is 20.5 Å². The number of nitrogens with one attached hydrogen (secondary N) is 2. The van der Waals surface area contributed by atoms with Gasteiger partial charge in [-0.05, 0) is 48.2 Å². The molecule has 0 bridgehead atoms. The van der Waals surface area contributed by atoms with Crippen molar-refractivity contribution >= 4 is 29.9 Å². The zero-order valence-electron chi connectivity index (χ0n) is 18.7. The fourth-order valence-corrected chi connectivity index (χ4v) is 3.71. The van der Waals surface area contributed by atoms with E-state index in [9.17, 15) is 9.50 Å². The Morgan fingerprint density at radius 3 is 2.22 bits per heavy atom. The van der Waals surface area contributed by atoms with Gasteiger partial charge in [-0.15, -0.1) is 24.0 Å². The summed E-state index contributed by atoms with van der Waals surface area (Å²) in [6.45, 7) is 3.29. The van der Waals surface area contributed by atoms with Crippen molar-refractivity contribution in [3.63, 3.8) is 0 Å². The molecule has 2 aromatic rings. The molecule has 0 atom stereocenters. The number of guanidine groups is 1. The number of likely N-dealkylation sites (tertiary alicyclic amines) is 1. The van der Waals surface area contributed by atoms with Crippen LogP contribution in [0.15, 0.2) is 41.4 Å². The van der Waals surface area contributed by atoms with Gasteiger partial charge in [0.25, 0.3) is 0 Å². The molecule has 3 rings (SSSR count). The Kier molecular flexibility index (Phi) is 10.3. The zero-order chi connectivity index (χ0) is 22.2. The molecule has 0 unspecified atom stereocenters. The number of piperidine rings is 1. The van der Waals surface area contributed by atoms with E-state index in [1.807, 2.05) is 12.1 Å². The monoisotopic (exact) mass is 558 g/mol. The van der Waals surface area contributed by atoms with Gasteiger partial charge in [0.05, 0.1) is 14.2 Å². The number of nitrogens with zero attached hydrogens (tertiary/aromatic N) is 2. The van der Waals surface area contributed by atoms with Crippen LogP contribution < -0.4 is 20.1 Å². The molecule has 0 aliphatic carbocycles. The topological polar surface area (TPSA) is 78.4 Å². The molecule has 32 heavy (non-hydrogen) atoms. The minimum absolute atomic E-state index is 0. The molecule has 0 spiro atoms. The molecule has 1 heterocycles. The van der Waals surface area contributed by atoms with Crippen LogP contribution in [0.4, 0.5) is 4.39 Å². The standard InChI is InChI=1S/C23H31FN4O3.HI/c1-25-23(26-14-17-12-20(30-2)22(29)21(13-17)31-3)27-19-8-10-28(11-9-19)15-16-4-6-18(24)7-5-16;/h4-7,12-13,19,29H,8-11,14-15H2,1-3H3,(H2,25,26,27);1H. The van der Waals surface area contributed by atoms with Crippen LogP contribution in [0.25, 0.3) is 0 Å². The number of rotatable bonds is 7. The summed E-state index contributed by atoms with van der Waals surface area (Å²) in [6, 6.07) is 10.6. The van der Waals surface area contributed by atoms with Gasteiger partial charge < -0.3 is 25.2 Å². The van der Waals surface area contributed by atoms with Gasteiger partial charge in [-0.3, -0.25) is 9.89 Å². The van der Waals surface area contributed by atoms with Crippen molar-refractivity contribution in [3.05, 3.63) is 53.3 Å². The Bertz CT molecular complexity index is 862. The molecular formula is C23H32FIN4O3. The Balaban J connectivity index is 0.00000363. The van der Waals surface area contributed by atoms with Gasteiger partial charge in [0.15, 0.2) is 17.5 Å². The van der Waals surface area contributed by atoms with Crippen LogP contribution in [-0.2, 0) is 13.1 Å². The summed E-state index contributed by atoms with van der Waals surface area (Å²) >= 11 is 0. The van der Waals surface area contributed by atoms with Gasteiger partial charge in [-0.2, -0.15) is 0 Å². The first-order valence-electron chi connectivity index (χ1n) is 10.4. The van der Waals surface area contributed by atoms with Crippen LogP contribution in [0, 0.1) is 5.82 Å². The first-order chi connectivity index (χ1) is 15.0. The molecule has 1 saturated heterocycles. The Labute approximate surface area is 206 Å². The maximum Gasteiger partial charge on any atom is 0.200 e. The number of phenols is 1. The Morgan fingerprint density at radius 1 is 1.09 bits per heavy atom. The van der Waals surface area contributed by atoms with Crippen molar-refractivity contribution in [1.82, 2.24) is 15.5 Å². The number of halogens is 2. The summed E-state index contributed by atoms with van der Waals surface area (Å²) < 4.78 is 23.5. The zero-order valence-corrected chi connectivity index (χ0v) is 21.1. The molecule has 0 saturated carbocycles. The van der Waals surface area contributed by atoms with E-state index in [1.165, 1.54) is 26.4 Å². The second kappa shape index (κ2) is 12.7. The molecule has 2 aromatic carbocycles. The third-order valence-electron chi connectivity index (χ3n) is 5.47. The number of aromatic hydroxyl groups is 1. The normalized spacial score (nSPS) is 15.1. The number of ether oxygens (including phenoxy) is 2. The average Bonchev–Trinajstić information content (AvgIpc) is 2.80. The van der Waals surface area contributed by atoms with Crippen molar-refractivity contribution in [2.75, 3.05) is 34.4 Å². The lowest BCUT2D eigenvalue weighted by Crippen LogP contribution is -2.48. The van der Waals surface area contributed by atoms with E-state index in [0.29, 0.717) is 24.1 Å². The van der Waals surface area contributed by atoms with E-state index in [-0.39, 0.29) is 35.5 Å². The molecule has 176 valence electrons. The van der Waals surface area contributed by atoms with Crippen molar-refractivity contribution in [1.29, 1.82) is 0 Å². The molecule has 1 aliphatic heterocycles. The van der Waals surface area contributed by atoms with Crippen LogP contribution in [0.1, 0.15) is 24.0 Å². The summed E-state index contributed by atoms with van der Waals surface area (Å²) in [5, 5.41) is 16.8. The van der Waals surface area contributed by atoms with Crippen LogP contribution in [0.2, 0.25) is 0 Å². The first-order valence-corrected chi connectivity index (χ1v) is 10.4. The number of aliphatic imine (C=N–C) groups is 1. The first kappa shape index (κ1) is 26.0. The fourth-order valence-electron chi connectivity index (χ4n) is 3.71. The third kappa shape index (κ3) is 7.13. The largest absolute Gasteiger partial charge is 0.502 e. The molecule has 0 amide bonds. The SMILES string of the molecule is CN=C(NCc1cc(OC)c(O)c(OC)c1)NC1CCN(Cc2ccc(F)cc2)CC1.I. The van der Waals surface area contributed by atoms with Crippen LogP contribution >= 0.6 is 24.0 Å². The Morgan fingerprint density at radius 2 is 1.69 bits per heavy atom. The summed E-state index contributed by atoms with van der Waals surface area (Å²) in [5.41, 5.74) is 2.04. The van der Waals surface area contributed by atoms with Crippen LogP contribution in [0.5, 0.6) is 17.2 Å². The number of phenolic OH excluding ortho intramolecular Hbond substituents is 1. The predicted molar refractivity (Wildman–Crippen MR) is 135 cm³/mol. The predicted octanol–water partition coefficient (Wildman–Crippen LogP) is 3.50. The third-order valence-corrected chi connectivity index (χ3v) is 5.47. The lowest BCUT2D eigenvalue weighted by molar-refractivity contribution is 0.198. The molecule has 0 aromatic heterocycles. The number of benzene rings is 2. The molecule has 0 radical (unpaired) electrons. The van der Waals surface area contributed by atoms with Gasteiger partial charge in [0.2, 0.25) is 5.75 Å². The quantitative estimate of drug-likeness (QED) is 0.275. The molecule has 7 nitrogen and oxygen atoms in total. The van der Waals surface area contributed by atoms with Crippen molar-refractivity contribution in [3.8, 4) is 17.2 Å². The second-order valence-corrected chi connectivity index (χ2v) is 7.60. The molecule has 1 fully saturated rings. The highest BCUT2D eigenvalue weighted by Crippen LogP contribution is 2.37. The summed E-state index contributed by atoms with van der Waals surface area (Å²) in [4.78, 5) is 6.71. The molecule has 1 aliphatic rings. The van der Waals surface area contributed by atoms with E-state index >= 15 is 0 Å². The van der Waals surface area contributed by atoms with Gasteiger partial charge in [0, 0.05) is 39.3 Å². The number of hydrogen-bond donors (Lipinski definition) is 3. The van der Waals surface area contributed by atoms with E-state index in [0.717, 1.165) is 49.6 Å². The number of hydrogen-bond acceptors (Lipinski definition) is 5. The molecular weight excluding hydrogens is 526 g/mol. The number of methoxy groups -OCH3 is 2. The highest BCUT2D eigenvalue weighted by atomic mass is 127. The Hall–Kier alpha value is -2.27. The van der Waals surface area contributed by atoms with E-state index in [1.54, 1.807) is 19.2 Å². The van der Waals surface area contributed by atoms with Crippen LogP contribution in [-0.4, -0.2) is 56.4 Å². The van der Waals surface area contributed by atoms with Gasteiger partial charge in [0.1, 0.15) is 5.82 Å². The average molecular weight is 558 g/mol. The summed E-state index contributed by atoms with van der Waals surface area (Å²) in [7, 11) is 4.76. The lowest BCUT2D eigenvalue weighted by atomic mass is 10.0. The fraction of sp³-hybridized carbons (Fsp3) is 0.435. The maximum absolute atomic E-state index is 13.1. The van der Waals surface area contributed by atoms with Crippen molar-refractivity contribution in [2.45, 2.75) is 32.0 Å². The second-order valence-electron chi connectivity index (χ2n) is 7.60. The smallest absolute Gasteiger partial charge is 0.200 e. The van der Waals surface area contributed by atoms with E-state index in [4.69, 9.17) is 9.47 Å². The van der Waals surface area contributed by atoms with Crippen molar-refractivity contribution < 1.29 is 19.0 Å². The highest BCUT2D eigenvalue weighted by molar-refractivity contribution is 14.0.